The zero-order valence-corrected chi connectivity index (χ0v) is 17.6. The number of aromatic nitrogens is 1. The van der Waals surface area contributed by atoms with Crippen LogP contribution in [-0.2, 0) is 9.53 Å². The summed E-state index contributed by atoms with van der Waals surface area (Å²) in [5.41, 5.74) is 1.60. The van der Waals surface area contributed by atoms with Crippen LogP contribution >= 0.6 is 34.4 Å². The number of nitriles is 1. The fraction of sp³-hybridized carbons (Fsp3) is 0.250. The van der Waals surface area contributed by atoms with Crippen LogP contribution in [0.4, 0.5) is 0 Å². The Balaban J connectivity index is 1.99. The van der Waals surface area contributed by atoms with Gasteiger partial charge in [0.1, 0.15) is 16.7 Å². The molecule has 0 unspecified atom stereocenters. The van der Waals surface area contributed by atoms with E-state index in [0.29, 0.717) is 10.6 Å². The molecule has 3 aromatic rings. The van der Waals surface area contributed by atoms with E-state index in [9.17, 15) is 10.1 Å². The molecule has 0 amide bonds. The standard InChI is InChI=1S/C20H18N2O2S3/c1-20(2,3)24-18(23)12-27-19-14(11-21)13(16-6-4-8-25-16)10-15(22-19)17-7-5-9-26-17/h4-10H,12H2,1-3H3. The van der Waals surface area contributed by atoms with Crippen LogP contribution in [0.2, 0.25) is 0 Å². The van der Waals surface area contributed by atoms with Crippen LogP contribution in [0.1, 0.15) is 26.3 Å². The number of hydrogen-bond donors (Lipinski definition) is 0. The number of rotatable bonds is 5. The molecule has 0 aliphatic heterocycles. The molecule has 3 aromatic heterocycles. The summed E-state index contributed by atoms with van der Waals surface area (Å²) in [6, 6.07) is 12.1. The number of hydrogen-bond acceptors (Lipinski definition) is 7. The molecule has 7 heteroatoms. The lowest BCUT2D eigenvalue weighted by Gasteiger charge is -2.19. The van der Waals surface area contributed by atoms with Gasteiger partial charge in [-0.25, -0.2) is 4.98 Å². The first kappa shape index (κ1) is 19.6. The van der Waals surface area contributed by atoms with Crippen molar-refractivity contribution < 1.29 is 9.53 Å². The molecule has 138 valence electrons. The van der Waals surface area contributed by atoms with Crippen molar-refractivity contribution in [2.45, 2.75) is 31.4 Å². The molecule has 0 spiro atoms. The van der Waals surface area contributed by atoms with Crippen molar-refractivity contribution in [3.63, 3.8) is 0 Å². The molecule has 4 nitrogen and oxygen atoms in total. The van der Waals surface area contributed by atoms with Crippen molar-refractivity contribution in [2.75, 3.05) is 5.75 Å². The molecule has 0 fully saturated rings. The normalized spacial score (nSPS) is 11.2. The second-order valence-corrected chi connectivity index (χ2v) is 9.54. The average Bonchev–Trinajstić information content (AvgIpc) is 3.30. The third-order valence-corrected chi connectivity index (χ3v) is 6.15. The number of ether oxygens (including phenoxy) is 1. The van der Waals surface area contributed by atoms with E-state index in [1.807, 2.05) is 61.9 Å². The second kappa shape index (κ2) is 8.26. The summed E-state index contributed by atoms with van der Waals surface area (Å²) in [6.07, 6.45) is 0. The number of esters is 1. The molecule has 0 atom stereocenters. The van der Waals surface area contributed by atoms with E-state index in [0.717, 1.165) is 21.0 Å². The smallest absolute Gasteiger partial charge is 0.316 e. The van der Waals surface area contributed by atoms with E-state index in [2.05, 4.69) is 11.1 Å². The highest BCUT2D eigenvalue weighted by Gasteiger charge is 2.20. The molecule has 3 rings (SSSR count). The zero-order chi connectivity index (χ0) is 19.4. The fourth-order valence-corrected chi connectivity index (χ4v) is 4.62. The largest absolute Gasteiger partial charge is 0.459 e. The highest BCUT2D eigenvalue weighted by molar-refractivity contribution is 7.99. The van der Waals surface area contributed by atoms with Gasteiger partial charge in [-0.15, -0.1) is 22.7 Å². The van der Waals surface area contributed by atoms with Crippen LogP contribution in [-0.4, -0.2) is 22.3 Å². The number of carbonyl (C=O) groups is 1. The second-order valence-electron chi connectivity index (χ2n) is 6.68. The summed E-state index contributed by atoms with van der Waals surface area (Å²) in [4.78, 5) is 18.8. The minimum absolute atomic E-state index is 0.108. The molecule has 0 aromatic carbocycles. The molecular weight excluding hydrogens is 396 g/mol. The Kier molecular flexibility index (Phi) is 6.00. The minimum atomic E-state index is -0.538. The van der Waals surface area contributed by atoms with Gasteiger partial charge in [-0.1, -0.05) is 23.9 Å². The summed E-state index contributed by atoms with van der Waals surface area (Å²) < 4.78 is 5.37. The summed E-state index contributed by atoms with van der Waals surface area (Å²) in [5.74, 6) is -0.214. The third kappa shape index (κ3) is 4.98. The predicted octanol–water partition coefficient (Wildman–Crippen LogP) is 5.84. The number of pyridine rings is 1. The lowest BCUT2D eigenvalue weighted by Crippen LogP contribution is -2.25. The molecule has 0 N–H and O–H groups in total. The molecule has 0 saturated heterocycles. The average molecular weight is 415 g/mol. The van der Waals surface area contributed by atoms with E-state index < -0.39 is 5.60 Å². The van der Waals surface area contributed by atoms with Crippen molar-refractivity contribution in [3.05, 3.63) is 46.7 Å². The van der Waals surface area contributed by atoms with E-state index >= 15 is 0 Å². The van der Waals surface area contributed by atoms with Gasteiger partial charge in [0.2, 0.25) is 0 Å². The van der Waals surface area contributed by atoms with Gasteiger partial charge in [0.25, 0.3) is 0 Å². The van der Waals surface area contributed by atoms with Crippen molar-refractivity contribution in [2.24, 2.45) is 0 Å². The van der Waals surface area contributed by atoms with Crippen molar-refractivity contribution in [1.82, 2.24) is 4.98 Å². The van der Waals surface area contributed by atoms with E-state index in [-0.39, 0.29) is 11.7 Å². The maximum absolute atomic E-state index is 12.1. The van der Waals surface area contributed by atoms with E-state index in [1.54, 1.807) is 22.7 Å². The quantitative estimate of drug-likeness (QED) is 0.387. The van der Waals surface area contributed by atoms with Crippen molar-refractivity contribution in [1.29, 1.82) is 5.26 Å². The van der Waals surface area contributed by atoms with Gasteiger partial charge in [0.05, 0.1) is 21.9 Å². The first-order chi connectivity index (χ1) is 12.9. The molecule has 0 radical (unpaired) electrons. The molecule has 0 bridgehead atoms. The maximum atomic E-state index is 12.1. The van der Waals surface area contributed by atoms with Gasteiger partial charge in [-0.3, -0.25) is 4.79 Å². The van der Waals surface area contributed by atoms with Crippen molar-refractivity contribution in [3.8, 4) is 27.1 Å². The van der Waals surface area contributed by atoms with Gasteiger partial charge >= 0.3 is 5.97 Å². The molecular formula is C20H18N2O2S3. The topological polar surface area (TPSA) is 63.0 Å². The number of carbonyl (C=O) groups excluding carboxylic acids is 1. The maximum Gasteiger partial charge on any atom is 0.316 e. The van der Waals surface area contributed by atoms with Gasteiger partial charge in [-0.2, -0.15) is 5.26 Å². The molecule has 0 aliphatic rings. The Morgan fingerprint density at radius 3 is 2.44 bits per heavy atom. The van der Waals surface area contributed by atoms with Gasteiger partial charge in [-0.05, 0) is 49.7 Å². The molecule has 3 heterocycles. The van der Waals surface area contributed by atoms with Crippen LogP contribution in [0.5, 0.6) is 0 Å². The molecule has 27 heavy (non-hydrogen) atoms. The summed E-state index contributed by atoms with van der Waals surface area (Å²) >= 11 is 4.41. The van der Waals surface area contributed by atoms with Crippen LogP contribution in [0.3, 0.4) is 0 Å². The van der Waals surface area contributed by atoms with Crippen molar-refractivity contribution >= 4 is 40.4 Å². The summed E-state index contributed by atoms with van der Waals surface area (Å²) in [6.45, 7) is 5.50. The summed E-state index contributed by atoms with van der Waals surface area (Å²) in [7, 11) is 0. The molecule has 0 saturated carbocycles. The third-order valence-electron chi connectivity index (χ3n) is 3.41. The van der Waals surface area contributed by atoms with Gasteiger partial charge in [0, 0.05) is 10.4 Å². The number of thiophene rings is 2. The predicted molar refractivity (Wildman–Crippen MR) is 112 cm³/mol. The minimum Gasteiger partial charge on any atom is -0.459 e. The van der Waals surface area contributed by atoms with Crippen LogP contribution in [0.15, 0.2) is 46.1 Å². The first-order valence-electron chi connectivity index (χ1n) is 8.25. The van der Waals surface area contributed by atoms with Crippen LogP contribution in [0, 0.1) is 11.3 Å². The van der Waals surface area contributed by atoms with Crippen LogP contribution in [0.25, 0.3) is 21.0 Å². The number of thioether (sulfide) groups is 1. The Bertz CT molecular complexity index is 966. The van der Waals surface area contributed by atoms with Gasteiger partial charge in [0.15, 0.2) is 0 Å². The van der Waals surface area contributed by atoms with E-state index in [4.69, 9.17) is 4.74 Å². The Labute approximate surface area is 170 Å². The lowest BCUT2D eigenvalue weighted by atomic mass is 10.1. The first-order valence-corrected chi connectivity index (χ1v) is 11.0. The highest BCUT2D eigenvalue weighted by atomic mass is 32.2. The van der Waals surface area contributed by atoms with E-state index in [1.165, 1.54) is 11.8 Å². The SMILES string of the molecule is CC(C)(C)OC(=O)CSc1nc(-c2cccs2)cc(-c2cccs2)c1C#N. The Morgan fingerprint density at radius 1 is 1.22 bits per heavy atom. The number of nitrogens with zero attached hydrogens (tertiary/aromatic N) is 2. The highest BCUT2D eigenvalue weighted by Crippen LogP contribution is 2.37. The fourth-order valence-electron chi connectivity index (χ4n) is 2.41. The lowest BCUT2D eigenvalue weighted by molar-refractivity contribution is -0.151. The van der Waals surface area contributed by atoms with Crippen LogP contribution < -0.4 is 0 Å². The Morgan fingerprint density at radius 2 is 1.89 bits per heavy atom. The Hall–Kier alpha value is -2.14. The zero-order valence-electron chi connectivity index (χ0n) is 15.2. The monoisotopic (exact) mass is 414 g/mol. The summed E-state index contributed by atoms with van der Waals surface area (Å²) in [5, 5.41) is 14.3. The van der Waals surface area contributed by atoms with Gasteiger partial charge < -0.3 is 4.74 Å². The molecule has 0 aliphatic carbocycles.